The zero-order valence-corrected chi connectivity index (χ0v) is 17.4. The van der Waals surface area contributed by atoms with E-state index < -0.39 is 29.5 Å². The largest absolute Gasteiger partial charge is 0.356 e. The van der Waals surface area contributed by atoms with E-state index in [1.165, 1.54) is 17.0 Å². The number of amides is 2. The van der Waals surface area contributed by atoms with E-state index in [0.717, 1.165) is 40.4 Å². The molecule has 1 aliphatic heterocycles. The average Bonchev–Trinajstić information content (AvgIpc) is 3.14. The first-order valence-electron chi connectivity index (χ1n) is 9.99. The van der Waals surface area contributed by atoms with Crippen LogP contribution in [0, 0.1) is 17.5 Å². The lowest BCUT2D eigenvalue weighted by Crippen LogP contribution is -2.43. The molecule has 0 bridgehead atoms. The summed E-state index contributed by atoms with van der Waals surface area (Å²) in [5.74, 6) is -1.80. The van der Waals surface area contributed by atoms with Crippen LogP contribution in [0.1, 0.15) is 22.9 Å². The number of urea groups is 1. The fraction of sp³-hybridized carbons (Fsp3) is 0.125. The zero-order chi connectivity index (χ0) is 22.4. The maximum absolute atomic E-state index is 14.1. The van der Waals surface area contributed by atoms with Crippen molar-refractivity contribution in [2.45, 2.75) is 12.5 Å². The van der Waals surface area contributed by atoms with Crippen LogP contribution in [0.25, 0.3) is 10.9 Å². The van der Waals surface area contributed by atoms with Gasteiger partial charge in [-0.15, -0.1) is 0 Å². The number of carbonyl (C=O) groups is 1. The third-order valence-corrected chi connectivity index (χ3v) is 5.94. The molecule has 0 radical (unpaired) electrons. The number of hydrogen-bond acceptors (Lipinski definition) is 1. The molecule has 32 heavy (non-hydrogen) atoms. The Morgan fingerprint density at radius 2 is 1.75 bits per heavy atom. The van der Waals surface area contributed by atoms with E-state index in [0.29, 0.717) is 23.6 Å². The summed E-state index contributed by atoms with van der Waals surface area (Å²) in [5, 5.41) is 4.02. The lowest BCUT2D eigenvalue weighted by Gasteiger charge is -2.36. The van der Waals surface area contributed by atoms with Gasteiger partial charge in [0, 0.05) is 34.2 Å². The molecule has 2 amide bonds. The highest BCUT2D eigenvalue weighted by molar-refractivity contribution is 6.31. The van der Waals surface area contributed by atoms with E-state index in [1.54, 1.807) is 18.2 Å². The van der Waals surface area contributed by atoms with E-state index in [2.05, 4.69) is 10.3 Å². The Morgan fingerprint density at radius 1 is 1.00 bits per heavy atom. The van der Waals surface area contributed by atoms with Gasteiger partial charge in [0.25, 0.3) is 0 Å². The van der Waals surface area contributed by atoms with Crippen molar-refractivity contribution in [1.82, 2.24) is 9.88 Å². The van der Waals surface area contributed by atoms with Gasteiger partial charge in [0.15, 0.2) is 0 Å². The molecule has 1 aliphatic rings. The summed E-state index contributed by atoms with van der Waals surface area (Å²) < 4.78 is 41.3. The van der Waals surface area contributed by atoms with Crippen molar-refractivity contribution in [1.29, 1.82) is 0 Å². The van der Waals surface area contributed by atoms with Crippen LogP contribution in [0.2, 0.25) is 5.02 Å². The van der Waals surface area contributed by atoms with Crippen LogP contribution in [0.15, 0.2) is 60.7 Å². The fourth-order valence-electron chi connectivity index (χ4n) is 4.25. The highest BCUT2D eigenvalue weighted by atomic mass is 35.5. The molecule has 8 heteroatoms. The zero-order valence-electron chi connectivity index (χ0n) is 16.6. The Morgan fingerprint density at radius 3 is 2.53 bits per heavy atom. The molecule has 5 rings (SSSR count). The SMILES string of the molecule is O=C(Nc1cc(F)ccc1F)N1CCc2c([nH]c3ccc(Cl)cc23)[C@H]1c1ccc(F)cc1. The third-order valence-electron chi connectivity index (χ3n) is 5.71. The first kappa shape index (κ1) is 20.5. The van der Waals surface area contributed by atoms with Gasteiger partial charge in [-0.25, -0.2) is 18.0 Å². The van der Waals surface area contributed by atoms with Crippen molar-refractivity contribution >= 4 is 34.2 Å². The minimum atomic E-state index is -0.740. The molecule has 3 aromatic carbocycles. The molecule has 4 nitrogen and oxygen atoms in total. The molecular formula is C24H17ClF3N3O. The van der Waals surface area contributed by atoms with Crippen LogP contribution in [-0.2, 0) is 6.42 Å². The van der Waals surface area contributed by atoms with E-state index in [4.69, 9.17) is 11.6 Å². The molecule has 0 saturated carbocycles. The Kier molecular flexibility index (Phi) is 5.06. The summed E-state index contributed by atoms with van der Waals surface area (Å²) in [6.45, 7) is 0.317. The van der Waals surface area contributed by atoms with Gasteiger partial charge in [0.05, 0.1) is 11.7 Å². The highest BCUT2D eigenvalue weighted by Gasteiger charge is 2.35. The average molecular weight is 456 g/mol. The summed E-state index contributed by atoms with van der Waals surface area (Å²) in [6, 6.07) is 13.1. The van der Waals surface area contributed by atoms with Crippen LogP contribution in [-0.4, -0.2) is 22.5 Å². The maximum atomic E-state index is 14.1. The molecule has 2 N–H and O–H groups in total. The van der Waals surface area contributed by atoms with E-state index in [9.17, 15) is 18.0 Å². The van der Waals surface area contributed by atoms with Gasteiger partial charge >= 0.3 is 6.03 Å². The molecule has 162 valence electrons. The Labute approximate surface area is 186 Å². The van der Waals surface area contributed by atoms with Gasteiger partial charge in [-0.2, -0.15) is 0 Å². The number of rotatable bonds is 2. The van der Waals surface area contributed by atoms with Crippen molar-refractivity contribution in [3.05, 3.63) is 100.0 Å². The fourth-order valence-corrected chi connectivity index (χ4v) is 4.42. The molecule has 4 aromatic rings. The minimum absolute atomic E-state index is 0.248. The van der Waals surface area contributed by atoms with Crippen molar-refractivity contribution in [2.75, 3.05) is 11.9 Å². The quantitative estimate of drug-likeness (QED) is 0.360. The van der Waals surface area contributed by atoms with Crippen LogP contribution in [0.4, 0.5) is 23.7 Å². The number of aromatic amines is 1. The molecule has 0 aliphatic carbocycles. The topological polar surface area (TPSA) is 48.1 Å². The van der Waals surface area contributed by atoms with Crippen molar-refractivity contribution in [3.8, 4) is 0 Å². The predicted molar refractivity (Wildman–Crippen MR) is 117 cm³/mol. The molecule has 0 unspecified atom stereocenters. The minimum Gasteiger partial charge on any atom is -0.356 e. The van der Waals surface area contributed by atoms with E-state index in [1.807, 2.05) is 12.1 Å². The number of benzene rings is 3. The van der Waals surface area contributed by atoms with E-state index >= 15 is 0 Å². The van der Waals surface area contributed by atoms with Crippen molar-refractivity contribution < 1.29 is 18.0 Å². The molecule has 1 aromatic heterocycles. The molecule has 0 saturated heterocycles. The number of nitrogens with one attached hydrogen (secondary N) is 2. The Hall–Kier alpha value is -3.45. The number of aromatic nitrogens is 1. The van der Waals surface area contributed by atoms with Crippen LogP contribution < -0.4 is 5.32 Å². The van der Waals surface area contributed by atoms with Gasteiger partial charge in [-0.05, 0) is 60.0 Å². The lowest BCUT2D eigenvalue weighted by molar-refractivity contribution is 0.193. The molecule has 0 fully saturated rings. The molecular weight excluding hydrogens is 439 g/mol. The second kappa shape index (κ2) is 7.91. The van der Waals surface area contributed by atoms with Gasteiger partial charge in [-0.3, -0.25) is 0 Å². The standard InChI is InChI=1S/C24H17ClF3N3O/c25-14-3-8-20-18(11-14)17-9-10-31(24(32)30-21-12-16(27)6-7-19(21)28)23(22(17)29-20)13-1-4-15(26)5-2-13/h1-8,11-12,23,29H,9-10H2,(H,30,32)/t23-/m1/s1. The lowest BCUT2D eigenvalue weighted by atomic mass is 9.92. The van der Waals surface area contributed by atoms with Gasteiger partial charge in [0.1, 0.15) is 17.5 Å². The van der Waals surface area contributed by atoms with Gasteiger partial charge in [0.2, 0.25) is 0 Å². The molecule has 2 heterocycles. The highest BCUT2D eigenvalue weighted by Crippen LogP contribution is 2.39. The van der Waals surface area contributed by atoms with E-state index in [-0.39, 0.29) is 5.69 Å². The summed E-state index contributed by atoms with van der Waals surface area (Å²) in [7, 11) is 0. The monoisotopic (exact) mass is 455 g/mol. The summed E-state index contributed by atoms with van der Waals surface area (Å²) in [5.41, 5.74) is 3.08. The van der Waals surface area contributed by atoms with Crippen molar-refractivity contribution in [2.24, 2.45) is 0 Å². The second-order valence-corrected chi connectivity index (χ2v) is 8.10. The Balaban J connectivity index is 1.59. The number of hydrogen-bond donors (Lipinski definition) is 2. The van der Waals surface area contributed by atoms with Gasteiger partial charge < -0.3 is 15.2 Å². The number of halogens is 4. The second-order valence-electron chi connectivity index (χ2n) is 7.66. The summed E-state index contributed by atoms with van der Waals surface area (Å²) >= 11 is 6.19. The molecule has 1 atom stereocenters. The van der Waals surface area contributed by atoms with Crippen LogP contribution >= 0.6 is 11.6 Å². The first-order valence-corrected chi connectivity index (χ1v) is 10.4. The summed E-state index contributed by atoms with van der Waals surface area (Å²) in [4.78, 5) is 18.1. The normalized spacial score (nSPS) is 15.6. The third kappa shape index (κ3) is 3.58. The first-order chi connectivity index (χ1) is 15.4. The van der Waals surface area contributed by atoms with Crippen LogP contribution in [0.3, 0.4) is 0 Å². The summed E-state index contributed by atoms with van der Waals surface area (Å²) in [6.07, 6.45) is 0.534. The number of anilines is 1. The Bertz CT molecular complexity index is 1340. The number of fused-ring (bicyclic) bond motifs is 3. The molecule has 0 spiro atoms. The number of H-pyrrole nitrogens is 1. The van der Waals surface area contributed by atoms with Gasteiger partial charge in [-0.1, -0.05) is 23.7 Å². The number of nitrogens with zero attached hydrogens (tertiary/aromatic N) is 1. The predicted octanol–water partition coefficient (Wildman–Crippen LogP) is 6.42. The van der Waals surface area contributed by atoms with Crippen molar-refractivity contribution in [3.63, 3.8) is 0 Å². The van der Waals surface area contributed by atoms with Crippen LogP contribution in [0.5, 0.6) is 0 Å². The smallest absolute Gasteiger partial charge is 0.322 e. The maximum Gasteiger partial charge on any atom is 0.322 e. The number of carbonyl (C=O) groups excluding carboxylic acids is 1.